The van der Waals surface area contributed by atoms with Crippen molar-refractivity contribution in [2.24, 2.45) is 23.2 Å². The highest BCUT2D eigenvalue weighted by molar-refractivity contribution is 5.94. The monoisotopic (exact) mass is 378 g/mol. The van der Waals surface area contributed by atoms with Gasteiger partial charge in [0.1, 0.15) is 5.69 Å². The number of hydrogen-bond donors (Lipinski definition) is 2. The van der Waals surface area contributed by atoms with E-state index in [0.29, 0.717) is 12.1 Å². The first-order chi connectivity index (χ1) is 13.6. The zero-order valence-electron chi connectivity index (χ0n) is 15.9. The molecule has 1 heterocycles. The molecule has 0 aliphatic heterocycles. The Labute approximate surface area is 164 Å². The minimum absolute atomic E-state index is 0.0823. The number of carbonyl (C=O) groups is 2. The second kappa shape index (κ2) is 6.76. The molecule has 4 fully saturated rings. The van der Waals surface area contributed by atoms with Crippen molar-refractivity contribution < 1.29 is 9.59 Å². The molecule has 28 heavy (non-hydrogen) atoms. The van der Waals surface area contributed by atoms with Crippen LogP contribution in [0.2, 0.25) is 0 Å². The Balaban J connectivity index is 1.21. The highest BCUT2D eigenvalue weighted by Crippen LogP contribution is 2.61. The second-order valence-electron chi connectivity index (χ2n) is 9.08. The first-order valence-corrected chi connectivity index (χ1v) is 10.3. The summed E-state index contributed by atoms with van der Waals surface area (Å²) < 4.78 is 1.71. The molecule has 0 saturated heterocycles. The van der Waals surface area contributed by atoms with Gasteiger partial charge in [-0.25, -0.2) is 4.98 Å². The van der Waals surface area contributed by atoms with Crippen LogP contribution < -0.4 is 10.9 Å². The number of hydrazine groups is 1. The molecule has 6 nitrogen and oxygen atoms in total. The quantitative estimate of drug-likeness (QED) is 0.802. The molecule has 4 aliphatic carbocycles. The van der Waals surface area contributed by atoms with Crippen molar-refractivity contribution in [3.8, 4) is 5.69 Å². The van der Waals surface area contributed by atoms with E-state index in [-0.39, 0.29) is 17.2 Å². The fourth-order valence-corrected chi connectivity index (χ4v) is 6.34. The number of nitrogens with one attached hydrogen (secondary N) is 2. The van der Waals surface area contributed by atoms with Gasteiger partial charge in [0.25, 0.3) is 5.91 Å². The molecule has 2 aromatic rings. The Kier molecular flexibility index (Phi) is 4.22. The summed E-state index contributed by atoms with van der Waals surface area (Å²) in [6.07, 6.45) is 11.3. The molecule has 2 N–H and O–H groups in total. The molecule has 4 saturated carbocycles. The molecule has 1 aromatic carbocycles. The summed E-state index contributed by atoms with van der Waals surface area (Å²) in [7, 11) is 0. The lowest BCUT2D eigenvalue weighted by Crippen LogP contribution is -2.50. The lowest BCUT2D eigenvalue weighted by molar-refractivity contribution is -0.130. The molecule has 1 aromatic heterocycles. The molecule has 0 radical (unpaired) electrons. The summed E-state index contributed by atoms with van der Waals surface area (Å²) >= 11 is 0. The van der Waals surface area contributed by atoms with Gasteiger partial charge in [-0.2, -0.15) is 0 Å². The average Bonchev–Trinajstić information content (AvgIpc) is 3.15. The van der Waals surface area contributed by atoms with Crippen LogP contribution >= 0.6 is 0 Å². The van der Waals surface area contributed by atoms with Crippen LogP contribution in [0.1, 0.15) is 55.4 Å². The smallest absolute Gasteiger partial charge is 0.288 e. The summed E-state index contributed by atoms with van der Waals surface area (Å²) in [6, 6.07) is 9.55. The Morgan fingerprint density at radius 2 is 1.64 bits per heavy atom. The lowest BCUT2D eigenvalue weighted by Gasteiger charge is -2.56. The first kappa shape index (κ1) is 17.5. The Morgan fingerprint density at radius 3 is 2.29 bits per heavy atom. The van der Waals surface area contributed by atoms with Gasteiger partial charge in [-0.3, -0.25) is 25.0 Å². The van der Waals surface area contributed by atoms with Crippen LogP contribution in [0.4, 0.5) is 0 Å². The predicted molar refractivity (Wildman–Crippen MR) is 104 cm³/mol. The Bertz CT molecular complexity index is 854. The van der Waals surface area contributed by atoms with Gasteiger partial charge in [0, 0.05) is 12.1 Å². The first-order valence-electron chi connectivity index (χ1n) is 10.3. The largest absolute Gasteiger partial charge is 0.295 e. The zero-order chi connectivity index (χ0) is 19.1. The van der Waals surface area contributed by atoms with Crippen LogP contribution in [-0.4, -0.2) is 21.4 Å². The van der Waals surface area contributed by atoms with Crippen molar-refractivity contribution in [1.29, 1.82) is 0 Å². The van der Waals surface area contributed by atoms with Crippen molar-refractivity contribution in [3.63, 3.8) is 0 Å². The Morgan fingerprint density at radius 1 is 1.00 bits per heavy atom. The summed E-state index contributed by atoms with van der Waals surface area (Å²) in [5, 5.41) is 0. The van der Waals surface area contributed by atoms with Crippen LogP contribution in [0, 0.1) is 23.2 Å². The van der Waals surface area contributed by atoms with E-state index in [2.05, 4.69) is 15.8 Å². The highest BCUT2D eigenvalue weighted by atomic mass is 16.2. The van der Waals surface area contributed by atoms with Gasteiger partial charge in [-0.05, 0) is 73.8 Å². The molecule has 0 spiro atoms. The highest BCUT2D eigenvalue weighted by Gasteiger charge is 2.51. The van der Waals surface area contributed by atoms with E-state index >= 15 is 0 Å². The summed E-state index contributed by atoms with van der Waals surface area (Å²) in [4.78, 5) is 29.3. The maximum Gasteiger partial charge on any atom is 0.288 e. The van der Waals surface area contributed by atoms with Gasteiger partial charge in [-0.15, -0.1) is 0 Å². The second-order valence-corrected chi connectivity index (χ2v) is 9.08. The normalized spacial score (nSPS) is 30.2. The standard InChI is InChI=1S/C22H26N4O2/c27-20(12-22-9-15-6-16(10-22)8-17(7-15)11-22)24-25-21(28)19-13-23-14-26(19)18-4-2-1-3-5-18/h1-5,13-17H,6-12H2,(H,24,27)(H,25,28). The van der Waals surface area contributed by atoms with Crippen LogP contribution in [0.3, 0.4) is 0 Å². The molecule has 2 amide bonds. The van der Waals surface area contributed by atoms with E-state index in [9.17, 15) is 9.59 Å². The molecule has 6 heteroatoms. The molecular weight excluding hydrogens is 352 g/mol. The topological polar surface area (TPSA) is 76.0 Å². The van der Waals surface area contributed by atoms with E-state index in [0.717, 1.165) is 23.4 Å². The Hall–Kier alpha value is -2.63. The van der Waals surface area contributed by atoms with Gasteiger partial charge in [-0.1, -0.05) is 18.2 Å². The van der Waals surface area contributed by atoms with Crippen molar-refractivity contribution in [2.45, 2.75) is 44.9 Å². The summed E-state index contributed by atoms with van der Waals surface area (Å²) in [5.74, 6) is 2.00. The number of imidazole rings is 1. The number of rotatable bonds is 4. The van der Waals surface area contributed by atoms with Gasteiger partial charge in [0.2, 0.25) is 5.91 Å². The van der Waals surface area contributed by atoms with Crippen LogP contribution in [0.15, 0.2) is 42.9 Å². The van der Waals surface area contributed by atoms with E-state index in [1.54, 1.807) is 10.9 Å². The van der Waals surface area contributed by atoms with E-state index in [1.165, 1.54) is 44.7 Å². The SMILES string of the molecule is O=C(CC12CC3CC(CC(C3)C1)C2)NNC(=O)c1cncn1-c1ccccc1. The summed E-state index contributed by atoms with van der Waals surface area (Å²) in [6.45, 7) is 0. The number of hydrogen-bond acceptors (Lipinski definition) is 3. The minimum Gasteiger partial charge on any atom is -0.295 e. The average molecular weight is 378 g/mol. The fraction of sp³-hybridized carbons (Fsp3) is 0.500. The molecule has 4 bridgehead atoms. The number of carbonyl (C=O) groups excluding carboxylic acids is 2. The van der Waals surface area contributed by atoms with Crippen LogP contribution in [0.5, 0.6) is 0 Å². The molecule has 0 unspecified atom stereocenters. The molecule has 146 valence electrons. The molecular formula is C22H26N4O2. The van der Waals surface area contributed by atoms with E-state index in [4.69, 9.17) is 0 Å². The predicted octanol–water partition coefficient (Wildman–Crippen LogP) is 3.24. The lowest BCUT2D eigenvalue weighted by atomic mass is 9.49. The molecule has 4 aliphatic rings. The number of benzene rings is 1. The maximum atomic E-state index is 12.6. The third-order valence-electron chi connectivity index (χ3n) is 6.92. The third-order valence-corrected chi connectivity index (χ3v) is 6.92. The van der Waals surface area contributed by atoms with E-state index < -0.39 is 0 Å². The molecule has 6 rings (SSSR count). The van der Waals surface area contributed by atoms with E-state index in [1.807, 2.05) is 30.3 Å². The number of nitrogens with zero attached hydrogens (tertiary/aromatic N) is 2. The fourth-order valence-electron chi connectivity index (χ4n) is 6.34. The van der Waals surface area contributed by atoms with Crippen molar-refractivity contribution in [2.75, 3.05) is 0 Å². The minimum atomic E-state index is -0.361. The van der Waals surface area contributed by atoms with Crippen molar-refractivity contribution in [1.82, 2.24) is 20.4 Å². The summed E-state index contributed by atoms with van der Waals surface area (Å²) in [5.41, 5.74) is 6.63. The number of amides is 2. The van der Waals surface area contributed by atoms with Gasteiger partial charge < -0.3 is 0 Å². The van der Waals surface area contributed by atoms with Gasteiger partial charge in [0.05, 0.1) is 12.5 Å². The number of para-hydroxylation sites is 1. The number of aromatic nitrogens is 2. The molecule has 0 atom stereocenters. The zero-order valence-corrected chi connectivity index (χ0v) is 15.9. The third kappa shape index (κ3) is 3.21. The van der Waals surface area contributed by atoms with Gasteiger partial charge >= 0.3 is 0 Å². The van der Waals surface area contributed by atoms with Crippen LogP contribution in [0.25, 0.3) is 5.69 Å². The van der Waals surface area contributed by atoms with Crippen molar-refractivity contribution in [3.05, 3.63) is 48.5 Å². The van der Waals surface area contributed by atoms with Crippen LogP contribution in [-0.2, 0) is 4.79 Å². The van der Waals surface area contributed by atoms with Gasteiger partial charge in [0.15, 0.2) is 0 Å². The van der Waals surface area contributed by atoms with Crippen molar-refractivity contribution >= 4 is 11.8 Å². The maximum absolute atomic E-state index is 12.6.